The first-order valence-electron chi connectivity index (χ1n) is 7.27. The van der Waals surface area contributed by atoms with Crippen LogP contribution < -0.4 is 15.8 Å². The van der Waals surface area contributed by atoms with Gasteiger partial charge in [0.1, 0.15) is 12.4 Å². The number of carbonyl (C=O) groups is 1. The molecule has 0 heterocycles. The molecule has 0 aliphatic heterocycles. The largest absolute Gasteiger partial charge is 0.487 e. The van der Waals surface area contributed by atoms with Crippen molar-refractivity contribution in [1.82, 2.24) is 0 Å². The highest BCUT2D eigenvalue weighted by Crippen LogP contribution is 2.23. The maximum absolute atomic E-state index is 11.9. The number of anilines is 2. The Kier molecular flexibility index (Phi) is 5.58. The minimum atomic E-state index is -0.195. The standard InChI is InChI=1S/C19H20N2O2/c1-3-12-23-18-10-6-15(13-17(18)20)7-11-19(22)21-16-8-4-14(2)5-9-16/h3-11,13H,1,12,20H2,2H3,(H,21,22)/b11-7-. The zero-order valence-corrected chi connectivity index (χ0v) is 13.1. The fourth-order valence-electron chi connectivity index (χ4n) is 1.94. The van der Waals surface area contributed by atoms with Crippen LogP contribution in [-0.4, -0.2) is 12.5 Å². The molecule has 2 aromatic carbocycles. The second kappa shape index (κ2) is 7.84. The van der Waals surface area contributed by atoms with Crippen LogP contribution in [0, 0.1) is 6.92 Å². The zero-order valence-electron chi connectivity index (χ0n) is 13.1. The van der Waals surface area contributed by atoms with Crippen molar-refractivity contribution in [3.63, 3.8) is 0 Å². The van der Waals surface area contributed by atoms with Gasteiger partial charge in [0.15, 0.2) is 0 Å². The molecular weight excluding hydrogens is 288 g/mol. The Morgan fingerprint density at radius 3 is 2.65 bits per heavy atom. The van der Waals surface area contributed by atoms with E-state index in [9.17, 15) is 4.79 Å². The number of nitrogen functional groups attached to an aromatic ring is 1. The molecule has 0 fully saturated rings. The van der Waals surface area contributed by atoms with E-state index in [-0.39, 0.29) is 5.91 Å². The molecule has 0 unspecified atom stereocenters. The summed E-state index contributed by atoms with van der Waals surface area (Å²) in [7, 11) is 0. The van der Waals surface area contributed by atoms with Crippen molar-refractivity contribution in [2.75, 3.05) is 17.7 Å². The summed E-state index contributed by atoms with van der Waals surface area (Å²) in [6.07, 6.45) is 4.83. The average molecular weight is 308 g/mol. The van der Waals surface area contributed by atoms with Crippen LogP contribution in [0.1, 0.15) is 11.1 Å². The van der Waals surface area contributed by atoms with Crippen LogP contribution in [0.2, 0.25) is 0 Å². The summed E-state index contributed by atoms with van der Waals surface area (Å²) < 4.78 is 5.41. The molecule has 0 radical (unpaired) electrons. The van der Waals surface area contributed by atoms with Gasteiger partial charge in [-0.05, 0) is 42.8 Å². The fraction of sp³-hybridized carbons (Fsp3) is 0.105. The van der Waals surface area contributed by atoms with Crippen molar-refractivity contribution in [2.24, 2.45) is 0 Å². The first-order valence-corrected chi connectivity index (χ1v) is 7.27. The lowest BCUT2D eigenvalue weighted by atomic mass is 10.1. The van der Waals surface area contributed by atoms with E-state index in [1.165, 1.54) is 6.08 Å². The Hall–Kier alpha value is -3.01. The van der Waals surface area contributed by atoms with Crippen molar-refractivity contribution >= 4 is 23.4 Å². The van der Waals surface area contributed by atoms with E-state index in [1.807, 2.05) is 37.3 Å². The highest BCUT2D eigenvalue weighted by atomic mass is 16.5. The predicted molar refractivity (Wildman–Crippen MR) is 95.4 cm³/mol. The molecular formula is C19H20N2O2. The Morgan fingerprint density at radius 2 is 2.00 bits per heavy atom. The summed E-state index contributed by atoms with van der Waals surface area (Å²) in [5.41, 5.74) is 9.17. The van der Waals surface area contributed by atoms with Gasteiger partial charge < -0.3 is 15.8 Å². The monoisotopic (exact) mass is 308 g/mol. The molecule has 0 bridgehead atoms. The first-order chi connectivity index (χ1) is 11.1. The third kappa shape index (κ3) is 5.04. The summed E-state index contributed by atoms with van der Waals surface area (Å²) in [6, 6.07) is 13.0. The number of nitrogens with two attached hydrogens (primary N) is 1. The molecule has 0 aliphatic carbocycles. The number of rotatable bonds is 6. The van der Waals surface area contributed by atoms with Crippen LogP contribution in [0.3, 0.4) is 0 Å². The van der Waals surface area contributed by atoms with Crippen molar-refractivity contribution in [3.05, 3.63) is 72.3 Å². The smallest absolute Gasteiger partial charge is 0.248 e. The number of nitrogens with one attached hydrogen (secondary N) is 1. The Bertz CT molecular complexity index is 719. The molecule has 0 spiro atoms. The highest BCUT2D eigenvalue weighted by Gasteiger charge is 2.01. The van der Waals surface area contributed by atoms with Crippen molar-refractivity contribution in [3.8, 4) is 5.75 Å². The molecule has 0 aromatic heterocycles. The summed E-state index contributed by atoms with van der Waals surface area (Å²) in [6.45, 7) is 5.99. The van der Waals surface area contributed by atoms with Gasteiger partial charge in [-0.1, -0.05) is 36.4 Å². The molecule has 3 N–H and O–H groups in total. The van der Waals surface area contributed by atoms with Crippen molar-refractivity contribution in [1.29, 1.82) is 0 Å². The molecule has 23 heavy (non-hydrogen) atoms. The summed E-state index contributed by atoms with van der Waals surface area (Å²) in [5, 5.41) is 2.80. The lowest BCUT2D eigenvalue weighted by molar-refractivity contribution is -0.111. The van der Waals surface area contributed by atoms with Crippen LogP contribution in [0.4, 0.5) is 11.4 Å². The summed E-state index contributed by atoms with van der Waals surface area (Å²) in [5.74, 6) is 0.408. The van der Waals surface area contributed by atoms with Gasteiger partial charge in [0.25, 0.3) is 0 Å². The molecule has 0 saturated heterocycles. The van der Waals surface area contributed by atoms with E-state index in [2.05, 4.69) is 11.9 Å². The van der Waals surface area contributed by atoms with E-state index >= 15 is 0 Å². The molecule has 0 aliphatic rings. The van der Waals surface area contributed by atoms with Crippen LogP contribution in [0.25, 0.3) is 6.08 Å². The van der Waals surface area contributed by atoms with Gasteiger partial charge in [0.05, 0.1) is 5.69 Å². The number of benzene rings is 2. The zero-order chi connectivity index (χ0) is 16.7. The molecule has 2 rings (SSSR count). The van der Waals surface area contributed by atoms with Gasteiger partial charge >= 0.3 is 0 Å². The third-order valence-electron chi connectivity index (χ3n) is 3.14. The summed E-state index contributed by atoms with van der Waals surface area (Å²) >= 11 is 0. The molecule has 4 nitrogen and oxygen atoms in total. The quantitative estimate of drug-likeness (QED) is 0.485. The van der Waals surface area contributed by atoms with E-state index in [4.69, 9.17) is 10.5 Å². The number of carbonyl (C=O) groups excluding carboxylic acids is 1. The molecule has 0 saturated carbocycles. The van der Waals surface area contributed by atoms with Gasteiger partial charge in [-0.25, -0.2) is 0 Å². The van der Waals surface area contributed by atoms with Crippen LogP contribution in [0.15, 0.2) is 61.2 Å². The topological polar surface area (TPSA) is 64.3 Å². The Labute approximate surface area is 136 Å². The highest BCUT2D eigenvalue weighted by molar-refractivity contribution is 6.02. The second-order valence-electron chi connectivity index (χ2n) is 5.09. The predicted octanol–water partition coefficient (Wildman–Crippen LogP) is 3.79. The van der Waals surface area contributed by atoms with E-state index < -0.39 is 0 Å². The number of hydrogen-bond donors (Lipinski definition) is 2. The van der Waals surface area contributed by atoms with Gasteiger partial charge in [-0.2, -0.15) is 0 Å². The Morgan fingerprint density at radius 1 is 1.26 bits per heavy atom. The molecule has 4 heteroatoms. The normalized spacial score (nSPS) is 10.5. The van der Waals surface area contributed by atoms with Gasteiger partial charge in [-0.15, -0.1) is 0 Å². The lowest BCUT2D eigenvalue weighted by Crippen LogP contribution is -2.07. The van der Waals surface area contributed by atoms with Gasteiger partial charge in [0, 0.05) is 11.8 Å². The van der Waals surface area contributed by atoms with Crippen LogP contribution in [-0.2, 0) is 4.79 Å². The van der Waals surface area contributed by atoms with Crippen molar-refractivity contribution in [2.45, 2.75) is 6.92 Å². The maximum atomic E-state index is 11.9. The van der Waals surface area contributed by atoms with E-state index in [0.717, 1.165) is 16.8 Å². The third-order valence-corrected chi connectivity index (χ3v) is 3.14. The van der Waals surface area contributed by atoms with Gasteiger partial charge in [0.2, 0.25) is 5.91 Å². The summed E-state index contributed by atoms with van der Waals surface area (Å²) in [4.78, 5) is 11.9. The second-order valence-corrected chi connectivity index (χ2v) is 5.09. The fourth-order valence-corrected chi connectivity index (χ4v) is 1.94. The average Bonchev–Trinajstić information content (AvgIpc) is 2.54. The Balaban J connectivity index is 1.98. The number of ether oxygens (including phenoxy) is 1. The molecule has 2 aromatic rings. The number of amides is 1. The van der Waals surface area contributed by atoms with Crippen molar-refractivity contribution < 1.29 is 9.53 Å². The minimum Gasteiger partial charge on any atom is -0.487 e. The lowest BCUT2D eigenvalue weighted by Gasteiger charge is -2.07. The molecule has 0 atom stereocenters. The van der Waals surface area contributed by atoms with E-state index in [1.54, 1.807) is 24.3 Å². The van der Waals surface area contributed by atoms with Crippen LogP contribution >= 0.6 is 0 Å². The molecule has 118 valence electrons. The van der Waals surface area contributed by atoms with Gasteiger partial charge in [-0.3, -0.25) is 4.79 Å². The maximum Gasteiger partial charge on any atom is 0.248 e. The minimum absolute atomic E-state index is 0.195. The first kappa shape index (κ1) is 16.4. The van der Waals surface area contributed by atoms with Crippen LogP contribution in [0.5, 0.6) is 5.75 Å². The SMILES string of the molecule is C=CCOc1ccc(/C=C\C(=O)Nc2ccc(C)cc2)cc1N. The van der Waals surface area contributed by atoms with E-state index in [0.29, 0.717) is 18.0 Å². The molecule has 1 amide bonds. The number of hydrogen-bond acceptors (Lipinski definition) is 3. The number of aryl methyl sites for hydroxylation is 1.